The van der Waals surface area contributed by atoms with Gasteiger partial charge in [0.25, 0.3) is 5.91 Å². The lowest BCUT2D eigenvalue weighted by Crippen LogP contribution is -2.43. The highest BCUT2D eigenvalue weighted by atomic mass is 79.9. The van der Waals surface area contributed by atoms with Crippen LogP contribution in [0.25, 0.3) is 10.9 Å². The molecule has 1 atom stereocenters. The molecule has 1 amide bonds. The Hall–Kier alpha value is -2.69. The molecule has 2 N–H and O–H groups in total. The van der Waals surface area contributed by atoms with Gasteiger partial charge < -0.3 is 15.0 Å². The van der Waals surface area contributed by atoms with Crippen LogP contribution in [0.2, 0.25) is 0 Å². The van der Waals surface area contributed by atoms with Crippen LogP contribution in [0.5, 0.6) is 0 Å². The van der Waals surface area contributed by atoms with Gasteiger partial charge in [-0.3, -0.25) is 4.79 Å². The van der Waals surface area contributed by atoms with E-state index in [1.165, 1.54) is 25.1 Å². The molecular formula is C20H17BrFN3O2. The first-order valence-electron chi connectivity index (χ1n) is 8.21. The molecule has 3 rings (SSSR count). The maximum absolute atomic E-state index is 13.0. The number of fused-ring (bicyclic) bond motifs is 1. The van der Waals surface area contributed by atoms with Crippen molar-refractivity contribution in [2.75, 3.05) is 5.32 Å². The number of alkyl halides is 1. The summed E-state index contributed by atoms with van der Waals surface area (Å²) in [6, 6.07) is 13.9. The van der Waals surface area contributed by atoms with Gasteiger partial charge >= 0.3 is 0 Å². The normalized spacial score (nSPS) is 13.1. The zero-order chi connectivity index (χ0) is 19.6. The molecule has 138 valence electrons. The van der Waals surface area contributed by atoms with E-state index in [4.69, 9.17) is 5.26 Å². The van der Waals surface area contributed by atoms with E-state index < -0.39 is 18.2 Å². The van der Waals surface area contributed by atoms with E-state index >= 15 is 0 Å². The third-order valence-electron chi connectivity index (χ3n) is 4.33. The standard InChI is InChI=1S/C20H17BrFN3O2/c1-20(27,12-25-7-6-13-8-16(21)3-5-18(13)25)19(26)24-17-4-2-14(11-23)15(9-17)10-22/h2-9,27H,10,12H2,1H3,(H,24,26)/t20-/m0/s1. The monoisotopic (exact) mass is 429 g/mol. The fourth-order valence-electron chi connectivity index (χ4n) is 2.87. The molecule has 1 aromatic heterocycles. The van der Waals surface area contributed by atoms with E-state index in [1.54, 1.807) is 4.57 Å². The highest BCUT2D eigenvalue weighted by Crippen LogP contribution is 2.23. The van der Waals surface area contributed by atoms with Gasteiger partial charge in [0.2, 0.25) is 0 Å². The molecule has 7 heteroatoms. The summed E-state index contributed by atoms with van der Waals surface area (Å²) in [5, 5.41) is 23.2. The minimum atomic E-state index is -1.69. The highest BCUT2D eigenvalue weighted by Gasteiger charge is 2.31. The molecule has 0 aliphatic heterocycles. The van der Waals surface area contributed by atoms with Gasteiger partial charge in [0.1, 0.15) is 6.67 Å². The number of aromatic nitrogens is 1. The Balaban J connectivity index is 1.80. The average Bonchev–Trinajstić information content (AvgIpc) is 3.02. The van der Waals surface area contributed by atoms with Gasteiger partial charge in [-0.25, -0.2) is 4.39 Å². The molecule has 0 fully saturated rings. The van der Waals surface area contributed by atoms with Crippen molar-refractivity contribution in [2.45, 2.75) is 25.7 Å². The van der Waals surface area contributed by atoms with E-state index in [0.29, 0.717) is 5.69 Å². The van der Waals surface area contributed by atoms with Crippen molar-refractivity contribution in [1.82, 2.24) is 4.57 Å². The number of nitrogens with one attached hydrogen (secondary N) is 1. The SMILES string of the molecule is C[C@](O)(Cn1ccc2cc(Br)ccc21)C(=O)Nc1ccc(C#N)c(CF)c1. The number of benzene rings is 2. The van der Waals surface area contributed by atoms with Crippen LogP contribution in [0.3, 0.4) is 0 Å². The molecule has 2 aromatic carbocycles. The Morgan fingerprint density at radius 2 is 2.11 bits per heavy atom. The van der Waals surface area contributed by atoms with E-state index in [0.717, 1.165) is 15.4 Å². The Morgan fingerprint density at radius 3 is 2.81 bits per heavy atom. The Bertz CT molecular complexity index is 1050. The second kappa shape index (κ2) is 7.51. The van der Waals surface area contributed by atoms with Crippen molar-refractivity contribution >= 4 is 38.4 Å². The van der Waals surface area contributed by atoms with E-state index in [2.05, 4.69) is 21.2 Å². The Labute approximate surface area is 164 Å². The van der Waals surface area contributed by atoms with Gasteiger partial charge in [0.15, 0.2) is 5.60 Å². The van der Waals surface area contributed by atoms with Crippen LogP contribution >= 0.6 is 15.9 Å². The van der Waals surface area contributed by atoms with Crippen molar-refractivity contribution in [2.24, 2.45) is 0 Å². The molecule has 27 heavy (non-hydrogen) atoms. The van der Waals surface area contributed by atoms with Crippen LogP contribution in [-0.2, 0) is 18.0 Å². The molecule has 0 aliphatic carbocycles. The van der Waals surface area contributed by atoms with Crippen LogP contribution < -0.4 is 5.32 Å². The van der Waals surface area contributed by atoms with E-state index in [-0.39, 0.29) is 17.7 Å². The van der Waals surface area contributed by atoms with Crippen molar-refractivity contribution in [3.8, 4) is 6.07 Å². The quantitative estimate of drug-likeness (QED) is 0.639. The zero-order valence-electron chi connectivity index (χ0n) is 14.5. The summed E-state index contributed by atoms with van der Waals surface area (Å²) in [6.07, 6.45) is 1.81. The fraction of sp³-hybridized carbons (Fsp3) is 0.200. The minimum absolute atomic E-state index is 0.0518. The number of nitriles is 1. The number of halogens is 2. The molecule has 0 aliphatic rings. The van der Waals surface area contributed by atoms with Gasteiger partial charge in [-0.15, -0.1) is 0 Å². The van der Waals surface area contributed by atoms with Crippen LogP contribution in [0.15, 0.2) is 53.1 Å². The first-order chi connectivity index (χ1) is 12.8. The minimum Gasteiger partial charge on any atom is -0.378 e. The Morgan fingerprint density at radius 1 is 1.33 bits per heavy atom. The number of hydrogen-bond acceptors (Lipinski definition) is 3. The summed E-state index contributed by atoms with van der Waals surface area (Å²) in [5.74, 6) is -0.615. The summed E-state index contributed by atoms with van der Waals surface area (Å²) >= 11 is 3.42. The van der Waals surface area contributed by atoms with Crippen molar-refractivity contribution < 1.29 is 14.3 Å². The number of carbonyl (C=O) groups is 1. The van der Waals surface area contributed by atoms with Crippen molar-refractivity contribution in [3.63, 3.8) is 0 Å². The molecule has 0 radical (unpaired) electrons. The molecule has 5 nitrogen and oxygen atoms in total. The maximum Gasteiger partial charge on any atom is 0.257 e. The van der Waals surface area contributed by atoms with Crippen LogP contribution in [-0.4, -0.2) is 21.2 Å². The predicted octanol–water partition coefficient (Wildman–Crippen LogP) is 4.13. The lowest BCUT2D eigenvalue weighted by Gasteiger charge is -2.23. The molecule has 0 bridgehead atoms. The zero-order valence-corrected chi connectivity index (χ0v) is 16.1. The Kier molecular flexibility index (Phi) is 5.31. The van der Waals surface area contributed by atoms with Crippen molar-refractivity contribution in [3.05, 3.63) is 64.3 Å². The molecule has 0 unspecified atom stereocenters. The topological polar surface area (TPSA) is 78.1 Å². The number of carbonyl (C=O) groups excluding carboxylic acids is 1. The summed E-state index contributed by atoms with van der Waals surface area (Å²) < 4.78 is 15.8. The van der Waals surface area contributed by atoms with Gasteiger partial charge in [-0.2, -0.15) is 5.26 Å². The third-order valence-corrected chi connectivity index (χ3v) is 4.82. The fourth-order valence-corrected chi connectivity index (χ4v) is 3.25. The molecule has 1 heterocycles. The van der Waals surface area contributed by atoms with E-state index in [9.17, 15) is 14.3 Å². The summed E-state index contributed by atoms with van der Waals surface area (Å²) in [7, 11) is 0. The number of anilines is 1. The van der Waals surface area contributed by atoms with Gasteiger partial charge in [-0.1, -0.05) is 15.9 Å². The highest BCUT2D eigenvalue weighted by molar-refractivity contribution is 9.10. The molecule has 0 saturated carbocycles. The third kappa shape index (κ3) is 4.02. The summed E-state index contributed by atoms with van der Waals surface area (Å²) in [5.41, 5.74) is -0.0651. The number of hydrogen-bond donors (Lipinski definition) is 2. The second-order valence-electron chi connectivity index (χ2n) is 6.49. The second-order valence-corrected chi connectivity index (χ2v) is 7.41. The number of rotatable bonds is 5. The van der Waals surface area contributed by atoms with Gasteiger partial charge in [0.05, 0.1) is 18.2 Å². The number of aliphatic hydroxyl groups is 1. The van der Waals surface area contributed by atoms with Crippen LogP contribution in [0.1, 0.15) is 18.1 Å². The summed E-state index contributed by atoms with van der Waals surface area (Å²) in [6.45, 7) is 0.664. The number of amides is 1. The van der Waals surface area contributed by atoms with Crippen LogP contribution in [0.4, 0.5) is 10.1 Å². The first-order valence-corrected chi connectivity index (χ1v) is 9.00. The van der Waals surface area contributed by atoms with Gasteiger partial charge in [-0.05, 0) is 49.4 Å². The largest absolute Gasteiger partial charge is 0.378 e. The lowest BCUT2D eigenvalue weighted by atomic mass is 10.0. The smallest absolute Gasteiger partial charge is 0.257 e. The van der Waals surface area contributed by atoms with Gasteiger partial charge in [0, 0.05) is 32.8 Å². The average molecular weight is 430 g/mol. The number of nitrogens with zero attached hydrogens (tertiary/aromatic N) is 2. The maximum atomic E-state index is 13.0. The van der Waals surface area contributed by atoms with E-state index in [1.807, 2.05) is 36.5 Å². The lowest BCUT2D eigenvalue weighted by molar-refractivity contribution is -0.133. The van der Waals surface area contributed by atoms with Crippen LogP contribution in [0, 0.1) is 11.3 Å². The molecular weight excluding hydrogens is 413 g/mol. The van der Waals surface area contributed by atoms with Crippen molar-refractivity contribution in [1.29, 1.82) is 5.26 Å². The predicted molar refractivity (Wildman–Crippen MR) is 105 cm³/mol. The first kappa shape index (κ1) is 19.1. The molecule has 0 saturated heterocycles. The molecule has 0 spiro atoms. The summed E-state index contributed by atoms with van der Waals surface area (Å²) in [4.78, 5) is 12.6. The molecule has 3 aromatic rings.